The second kappa shape index (κ2) is 8.97. The quantitative estimate of drug-likeness (QED) is 0.549. The number of carboxylic acid groups (broad SMARTS) is 1. The van der Waals surface area contributed by atoms with Crippen LogP contribution in [0.15, 0.2) is 60.7 Å². The third-order valence-electron chi connectivity index (χ3n) is 6.13. The van der Waals surface area contributed by atoms with Crippen molar-refractivity contribution in [1.29, 1.82) is 0 Å². The first kappa shape index (κ1) is 21.6. The monoisotopic (exact) mass is 461 g/mol. The van der Waals surface area contributed by atoms with E-state index in [4.69, 9.17) is 18.9 Å². The summed E-state index contributed by atoms with van der Waals surface area (Å²) in [5.41, 5.74) is 4.96. The first-order valence-corrected chi connectivity index (χ1v) is 10.9. The fourth-order valence-corrected chi connectivity index (χ4v) is 4.52. The van der Waals surface area contributed by atoms with E-state index in [1.807, 2.05) is 48.5 Å². The van der Waals surface area contributed by atoms with Gasteiger partial charge in [-0.3, -0.25) is 0 Å². The van der Waals surface area contributed by atoms with Crippen LogP contribution in [0.4, 0.5) is 4.79 Å². The minimum Gasteiger partial charge on any atom is -0.496 e. The minimum absolute atomic E-state index is 0.0145. The number of rotatable bonds is 7. The van der Waals surface area contributed by atoms with Gasteiger partial charge in [-0.25, -0.2) is 9.59 Å². The normalized spacial score (nSPS) is 14.1. The summed E-state index contributed by atoms with van der Waals surface area (Å²) in [6, 6.07) is 18.1. The van der Waals surface area contributed by atoms with Gasteiger partial charge >= 0.3 is 12.1 Å². The van der Waals surface area contributed by atoms with Crippen LogP contribution in [0, 0.1) is 0 Å². The Kier molecular flexibility index (Phi) is 5.71. The number of hydrogen-bond donors (Lipinski definition) is 2. The van der Waals surface area contributed by atoms with E-state index in [9.17, 15) is 14.7 Å². The van der Waals surface area contributed by atoms with Crippen LogP contribution < -0.4 is 19.5 Å². The maximum absolute atomic E-state index is 12.6. The molecule has 0 saturated carbocycles. The second-order valence-corrected chi connectivity index (χ2v) is 8.08. The number of methoxy groups -OCH3 is 1. The van der Waals surface area contributed by atoms with Crippen molar-refractivity contribution in [2.45, 2.75) is 18.4 Å². The highest BCUT2D eigenvalue weighted by molar-refractivity contribution is 5.81. The molecule has 1 unspecified atom stereocenters. The van der Waals surface area contributed by atoms with Gasteiger partial charge in [0.25, 0.3) is 0 Å². The number of ether oxygens (including phenoxy) is 4. The molecule has 1 aliphatic carbocycles. The Morgan fingerprint density at radius 1 is 1.03 bits per heavy atom. The molecular formula is C26H23NO7. The Bertz CT molecular complexity index is 1210. The van der Waals surface area contributed by atoms with E-state index in [-0.39, 0.29) is 25.7 Å². The summed E-state index contributed by atoms with van der Waals surface area (Å²) in [7, 11) is 1.48. The molecule has 8 heteroatoms. The highest BCUT2D eigenvalue weighted by Gasteiger charge is 2.30. The molecule has 1 aliphatic heterocycles. The maximum Gasteiger partial charge on any atom is 0.407 e. The number of carbonyl (C=O) groups is 2. The van der Waals surface area contributed by atoms with Crippen LogP contribution in [0.3, 0.4) is 0 Å². The molecule has 0 fully saturated rings. The molecule has 1 atom stereocenters. The van der Waals surface area contributed by atoms with Crippen molar-refractivity contribution < 1.29 is 33.6 Å². The van der Waals surface area contributed by atoms with Crippen molar-refractivity contribution in [3.63, 3.8) is 0 Å². The van der Waals surface area contributed by atoms with E-state index in [2.05, 4.69) is 5.32 Å². The summed E-state index contributed by atoms with van der Waals surface area (Å²) in [4.78, 5) is 24.5. The van der Waals surface area contributed by atoms with E-state index in [1.165, 1.54) is 7.11 Å². The summed E-state index contributed by atoms with van der Waals surface area (Å²) in [6.45, 7) is 0.182. The molecule has 0 aromatic heterocycles. The Morgan fingerprint density at radius 3 is 2.26 bits per heavy atom. The van der Waals surface area contributed by atoms with Crippen molar-refractivity contribution >= 4 is 12.1 Å². The molecule has 34 heavy (non-hydrogen) atoms. The molecule has 174 valence electrons. The topological polar surface area (TPSA) is 103 Å². The van der Waals surface area contributed by atoms with E-state index in [1.54, 1.807) is 12.1 Å². The summed E-state index contributed by atoms with van der Waals surface area (Å²) in [5, 5.41) is 12.2. The molecule has 0 bridgehead atoms. The lowest BCUT2D eigenvalue weighted by Crippen LogP contribution is -2.43. The van der Waals surface area contributed by atoms with Crippen LogP contribution in [-0.2, 0) is 16.0 Å². The summed E-state index contributed by atoms with van der Waals surface area (Å²) in [5.74, 6) is 0.173. The zero-order chi connectivity index (χ0) is 23.7. The molecule has 3 aromatic rings. The lowest BCUT2D eigenvalue weighted by molar-refractivity contribution is -0.139. The number of alkyl carbamates (subject to hydrolysis) is 1. The number of nitrogens with one attached hydrogen (secondary N) is 1. The molecule has 3 aromatic carbocycles. The summed E-state index contributed by atoms with van der Waals surface area (Å²) >= 11 is 0. The van der Waals surface area contributed by atoms with Crippen molar-refractivity contribution in [1.82, 2.24) is 5.32 Å². The Balaban J connectivity index is 1.28. The van der Waals surface area contributed by atoms with Crippen LogP contribution in [0.25, 0.3) is 11.1 Å². The Hall–Kier alpha value is -4.20. The number of aliphatic carboxylic acids is 1. The largest absolute Gasteiger partial charge is 0.496 e. The molecule has 1 amide bonds. The smallest absolute Gasteiger partial charge is 0.407 e. The van der Waals surface area contributed by atoms with Crippen molar-refractivity contribution in [2.24, 2.45) is 0 Å². The molecule has 8 nitrogen and oxygen atoms in total. The third-order valence-corrected chi connectivity index (χ3v) is 6.13. The Morgan fingerprint density at radius 2 is 1.65 bits per heavy atom. The average molecular weight is 461 g/mol. The van der Waals surface area contributed by atoms with Gasteiger partial charge in [-0.15, -0.1) is 0 Å². The number of carbonyl (C=O) groups excluding carboxylic acids is 1. The molecule has 5 rings (SSSR count). The fraction of sp³-hybridized carbons (Fsp3) is 0.231. The summed E-state index contributed by atoms with van der Waals surface area (Å²) < 4.78 is 21.6. The first-order valence-electron chi connectivity index (χ1n) is 10.9. The van der Waals surface area contributed by atoms with Crippen LogP contribution in [0.1, 0.15) is 22.6 Å². The van der Waals surface area contributed by atoms with Crippen molar-refractivity contribution in [2.75, 3.05) is 20.5 Å². The molecule has 2 aliphatic rings. The zero-order valence-electron chi connectivity index (χ0n) is 18.4. The average Bonchev–Trinajstić information content (AvgIpc) is 3.43. The lowest BCUT2D eigenvalue weighted by Gasteiger charge is -2.18. The van der Waals surface area contributed by atoms with Gasteiger partial charge in [-0.1, -0.05) is 48.5 Å². The number of fused-ring (bicyclic) bond motifs is 4. The Labute approximate surface area is 196 Å². The van der Waals surface area contributed by atoms with Gasteiger partial charge in [-0.2, -0.15) is 0 Å². The highest BCUT2D eigenvalue weighted by atomic mass is 16.7. The zero-order valence-corrected chi connectivity index (χ0v) is 18.4. The van der Waals surface area contributed by atoms with Crippen molar-refractivity contribution in [3.05, 3.63) is 77.4 Å². The van der Waals surface area contributed by atoms with Gasteiger partial charge in [-0.05, 0) is 28.3 Å². The fourth-order valence-electron chi connectivity index (χ4n) is 4.52. The predicted molar refractivity (Wildman–Crippen MR) is 122 cm³/mol. The number of carboxylic acids is 1. The van der Waals surface area contributed by atoms with Gasteiger partial charge < -0.3 is 29.4 Å². The highest BCUT2D eigenvalue weighted by Crippen LogP contribution is 2.44. The van der Waals surface area contributed by atoms with Crippen LogP contribution >= 0.6 is 0 Å². The van der Waals surface area contributed by atoms with E-state index >= 15 is 0 Å². The van der Waals surface area contributed by atoms with Crippen LogP contribution in [0.5, 0.6) is 17.2 Å². The summed E-state index contributed by atoms with van der Waals surface area (Å²) in [6.07, 6.45) is -0.812. The number of hydrogen-bond acceptors (Lipinski definition) is 6. The van der Waals surface area contributed by atoms with Crippen LogP contribution in [0.2, 0.25) is 0 Å². The van der Waals surface area contributed by atoms with Gasteiger partial charge in [0, 0.05) is 24.0 Å². The maximum atomic E-state index is 12.6. The predicted octanol–water partition coefficient (Wildman–Crippen LogP) is 3.96. The van der Waals surface area contributed by atoms with Gasteiger partial charge in [0.15, 0.2) is 11.5 Å². The van der Waals surface area contributed by atoms with Crippen LogP contribution in [-0.4, -0.2) is 43.7 Å². The third kappa shape index (κ3) is 3.98. The van der Waals surface area contributed by atoms with E-state index in [0.717, 1.165) is 22.3 Å². The van der Waals surface area contributed by atoms with Gasteiger partial charge in [0.05, 0.1) is 7.11 Å². The minimum atomic E-state index is -1.22. The lowest BCUT2D eigenvalue weighted by atomic mass is 9.98. The molecule has 0 spiro atoms. The molecule has 0 radical (unpaired) electrons. The van der Waals surface area contributed by atoms with Crippen molar-refractivity contribution in [3.8, 4) is 28.4 Å². The second-order valence-electron chi connectivity index (χ2n) is 8.08. The first-order chi connectivity index (χ1) is 16.5. The number of benzene rings is 3. The number of amides is 1. The molecule has 1 heterocycles. The standard InChI is InChI=1S/C26H23NO7/c1-31-22-12-24-23(33-14-34-24)11-15(22)10-21(25(28)29)27-26(30)32-13-20-18-8-4-2-6-16(18)17-7-3-5-9-19(17)20/h2-9,11-12,20-21H,10,13-14H2,1H3,(H,27,30)(H,28,29). The molecule has 2 N–H and O–H groups in total. The SMILES string of the molecule is COc1cc2c(cc1CC(NC(=O)OCC1c3ccccc3-c3ccccc31)C(=O)O)OCO2. The van der Waals surface area contributed by atoms with Gasteiger partial charge in [0.2, 0.25) is 6.79 Å². The molecule has 0 saturated heterocycles. The van der Waals surface area contributed by atoms with E-state index < -0.39 is 18.1 Å². The van der Waals surface area contributed by atoms with Gasteiger partial charge in [0.1, 0.15) is 18.4 Å². The molecular weight excluding hydrogens is 438 g/mol. The van der Waals surface area contributed by atoms with E-state index in [0.29, 0.717) is 22.8 Å².